The quantitative estimate of drug-likeness (QED) is 0.452. The molecule has 3 aromatic rings. The third-order valence-electron chi connectivity index (χ3n) is 7.19. The van der Waals surface area contributed by atoms with Gasteiger partial charge in [-0.15, -0.1) is 10.2 Å². The predicted octanol–water partition coefficient (Wildman–Crippen LogP) is 1.26. The second-order valence-electron chi connectivity index (χ2n) is 9.90. The van der Waals surface area contributed by atoms with E-state index in [0.29, 0.717) is 18.8 Å². The number of hydrogen-bond acceptors (Lipinski definition) is 7. The number of carbonyl (C=O) groups is 3. The Kier molecular flexibility index (Phi) is 6.62. The number of ketones is 1. The number of aromatic amines is 1. The fourth-order valence-corrected chi connectivity index (χ4v) is 5.51. The summed E-state index contributed by atoms with van der Waals surface area (Å²) in [6.07, 6.45) is 5.17. The molecule has 0 saturated carbocycles. The first-order valence-corrected chi connectivity index (χ1v) is 12.3. The Morgan fingerprint density at radius 2 is 2.11 bits per heavy atom. The molecule has 3 aromatic heterocycles. The lowest BCUT2D eigenvalue weighted by atomic mass is 9.79. The Balaban J connectivity index is 1.35. The van der Waals surface area contributed by atoms with E-state index in [2.05, 4.69) is 36.2 Å². The molecule has 0 radical (unpaired) electrons. The van der Waals surface area contributed by atoms with Crippen molar-refractivity contribution in [2.45, 2.75) is 64.1 Å². The molecule has 188 valence electrons. The van der Waals surface area contributed by atoms with E-state index in [0.717, 1.165) is 23.4 Å². The smallest absolute Gasteiger partial charge is 0.229 e. The van der Waals surface area contributed by atoms with E-state index < -0.39 is 17.8 Å². The normalized spacial score (nSPS) is 22.0. The van der Waals surface area contributed by atoms with Crippen molar-refractivity contribution in [3.63, 3.8) is 0 Å². The molecule has 0 spiro atoms. The van der Waals surface area contributed by atoms with E-state index in [9.17, 15) is 14.4 Å². The lowest BCUT2D eigenvalue weighted by Gasteiger charge is -2.33. The molecule has 3 unspecified atom stereocenters. The molecule has 11 heteroatoms. The number of nitrogens with one attached hydrogen (secondary N) is 3. The highest BCUT2D eigenvalue weighted by atomic mass is 16.2. The topological polar surface area (TPSA) is 148 Å². The van der Waals surface area contributed by atoms with Gasteiger partial charge in [0.05, 0.1) is 30.0 Å². The minimum atomic E-state index is -0.528. The average molecular weight is 491 g/mol. The van der Waals surface area contributed by atoms with Crippen LogP contribution < -0.4 is 10.6 Å². The summed E-state index contributed by atoms with van der Waals surface area (Å²) in [6, 6.07) is 7.26. The Bertz CT molecular complexity index is 1240. The van der Waals surface area contributed by atoms with E-state index in [-0.39, 0.29) is 42.5 Å². The van der Waals surface area contributed by atoms with Gasteiger partial charge in [-0.05, 0) is 42.5 Å². The van der Waals surface area contributed by atoms with Crippen LogP contribution in [0.4, 0.5) is 0 Å². The van der Waals surface area contributed by atoms with Crippen LogP contribution in [0.3, 0.4) is 0 Å². The zero-order valence-corrected chi connectivity index (χ0v) is 20.3. The van der Waals surface area contributed by atoms with E-state index in [1.54, 1.807) is 6.20 Å². The number of tetrazole rings is 1. The fraction of sp³-hybridized carbons (Fsp3) is 0.480. The Morgan fingerprint density at radius 1 is 1.25 bits per heavy atom. The van der Waals surface area contributed by atoms with Gasteiger partial charge in [0.25, 0.3) is 0 Å². The van der Waals surface area contributed by atoms with Crippen LogP contribution in [-0.2, 0) is 33.9 Å². The first-order valence-electron chi connectivity index (χ1n) is 12.3. The molecular formula is C25H30N8O3. The van der Waals surface area contributed by atoms with E-state index in [1.807, 2.05) is 48.9 Å². The van der Waals surface area contributed by atoms with E-state index >= 15 is 0 Å². The zero-order chi connectivity index (χ0) is 25.2. The number of amides is 2. The van der Waals surface area contributed by atoms with Gasteiger partial charge in [0.15, 0.2) is 5.82 Å². The van der Waals surface area contributed by atoms with E-state index in [1.165, 1.54) is 0 Å². The summed E-state index contributed by atoms with van der Waals surface area (Å²) in [6.45, 7) is 4.53. The summed E-state index contributed by atoms with van der Waals surface area (Å²) in [5.74, 6) is -1.40. The van der Waals surface area contributed by atoms with Crippen LogP contribution in [0.1, 0.15) is 61.3 Å². The summed E-state index contributed by atoms with van der Waals surface area (Å²) in [5.41, 5.74) is 2.75. The molecule has 2 aliphatic rings. The molecule has 0 aromatic carbocycles. The van der Waals surface area contributed by atoms with Crippen molar-refractivity contribution < 1.29 is 14.4 Å². The Morgan fingerprint density at radius 3 is 2.83 bits per heavy atom. The number of rotatable bonds is 7. The van der Waals surface area contributed by atoms with Crippen LogP contribution in [0.5, 0.6) is 0 Å². The van der Waals surface area contributed by atoms with Gasteiger partial charge in [0.1, 0.15) is 5.78 Å². The summed E-state index contributed by atoms with van der Waals surface area (Å²) in [4.78, 5) is 44.5. The molecular weight excluding hydrogens is 460 g/mol. The standard InChI is InChI=1S/C25H30N8O3/c1-14(2)21(17-5-3-4-9-26-17)25(36)28-18-7-6-15-8-10-33-13-16(11-19(34)22(18)23(15)33)24(35)27-12-20-29-31-32-30-20/h3-5,8-10,14,16,18,21-22H,6-7,11-13H2,1-2H3,(H,27,35)(H,28,36)(H,29,30,31,32)/t16?,18?,21-,22?/m0/s1. The highest BCUT2D eigenvalue weighted by Crippen LogP contribution is 2.38. The van der Waals surface area contributed by atoms with Gasteiger partial charge in [0, 0.05) is 37.1 Å². The monoisotopic (exact) mass is 490 g/mol. The van der Waals surface area contributed by atoms with Gasteiger partial charge in [-0.1, -0.05) is 25.1 Å². The number of nitrogens with zero attached hydrogens (tertiary/aromatic N) is 5. The third kappa shape index (κ3) is 4.65. The molecule has 1 aliphatic heterocycles. The Labute approximate surface area is 208 Å². The van der Waals surface area contributed by atoms with E-state index in [4.69, 9.17) is 0 Å². The molecule has 0 saturated heterocycles. The molecule has 4 heterocycles. The van der Waals surface area contributed by atoms with Gasteiger partial charge in [0.2, 0.25) is 11.8 Å². The number of hydrogen-bond donors (Lipinski definition) is 3. The van der Waals surface area contributed by atoms with Gasteiger partial charge in [-0.3, -0.25) is 19.4 Å². The first-order chi connectivity index (χ1) is 17.4. The lowest BCUT2D eigenvalue weighted by molar-refractivity contribution is -0.131. The molecule has 0 bridgehead atoms. The first kappa shape index (κ1) is 23.8. The molecule has 2 amide bonds. The van der Waals surface area contributed by atoms with Crippen molar-refractivity contribution >= 4 is 17.6 Å². The van der Waals surface area contributed by atoms with Gasteiger partial charge >= 0.3 is 0 Å². The third-order valence-corrected chi connectivity index (χ3v) is 7.19. The van der Waals surface area contributed by atoms with Crippen LogP contribution in [0.15, 0.2) is 36.7 Å². The molecule has 4 atom stereocenters. The summed E-state index contributed by atoms with van der Waals surface area (Å²) in [5, 5.41) is 19.5. The number of pyridine rings is 1. The van der Waals surface area contributed by atoms with Gasteiger partial charge in [-0.2, -0.15) is 5.21 Å². The highest BCUT2D eigenvalue weighted by Gasteiger charge is 2.43. The van der Waals surface area contributed by atoms with Crippen LogP contribution in [0.25, 0.3) is 0 Å². The number of aromatic nitrogens is 6. The predicted molar refractivity (Wildman–Crippen MR) is 128 cm³/mol. The molecule has 0 fully saturated rings. The molecule has 11 nitrogen and oxygen atoms in total. The van der Waals surface area contributed by atoms with Crippen molar-refractivity contribution in [2.75, 3.05) is 0 Å². The van der Waals surface area contributed by atoms with Gasteiger partial charge < -0.3 is 15.2 Å². The molecule has 36 heavy (non-hydrogen) atoms. The number of H-pyrrole nitrogens is 1. The second kappa shape index (κ2) is 10.00. The number of carbonyl (C=O) groups excluding carboxylic acids is 3. The SMILES string of the molecule is CC(C)[C@H](C(=O)NC1CCc2ccn3c2C1C(=O)CC(C(=O)NCc1nn[nH]n1)C3)c1ccccn1. The van der Waals surface area contributed by atoms with Crippen LogP contribution >= 0.6 is 0 Å². The van der Waals surface area contributed by atoms with Crippen LogP contribution in [-0.4, -0.2) is 53.8 Å². The van der Waals surface area contributed by atoms with Crippen molar-refractivity contribution in [2.24, 2.45) is 11.8 Å². The maximum atomic E-state index is 13.6. The highest BCUT2D eigenvalue weighted by molar-refractivity contribution is 5.93. The summed E-state index contributed by atoms with van der Waals surface area (Å²) >= 11 is 0. The maximum Gasteiger partial charge on any atom is 0.229 e. The molecule has 5 rings (SSSR count). The minimum absolute atomic E-state index is 0.0302. The van der Waals surface area contributed by atoms with Crippen LogP contribution in [0.2, 0.25) is 0 Å². The number of Topliss-reactive ketones (excluding diaryl/α,β-unsaturated/α-hetero) is 1. The van der Waals surface area contributed by atoms with Crippen molar-refractivity contribution in [3.05, 3.63) is 59.4 Å². The van der Waals surface area contributed by atoms with Gasteiger partial charge in [-0.25, -0.2) is 0 Å². The van der Waals surface area contributed by atoms with Crippen molar-refractivity contribution in [1.82, 2.24) is 40.8 Å². The number of aryl methyl sites for hydroxylation is 1. The Hall–Kier alpha value is -3.89. The lowest BCUT2D eigenvalue weighted by Crippen LogP contribution is -2.47. The minimum Gasteiger partial charge on any atom is -0.352 e. The van der Waals surface area contributed by atoms with Crippen molar-refractivity contribution in [3.8, 4) is 0 Å². The largest absolute Gasteiger partial charge is 0.352 e. The molecule has 3 N–H and O–H groups in total. The fourth-order valence-electron chi connectivity index (χ4n) is 5.51. The summed E-state index contributed by atoms with van der Waals surface area (Å²) in [7, 11) is 0. The summed E-state index contributed by atoms with van der Waals surface area (Å²) < 4.78 is 2.01. The molecule has 1 aliphatic carbocycles. The second-order valence-corrected chi connectivity index (χ2v) is 9.90. The average Bonchev–Trinajstić information content (AvgIpc) is 3.49. The van der Waals surface area contributed by atoms with Crippen molar-refractivity contribution in [1.29, 1.82) is 0 Å². The van der Waals surface area contributed by atoms with Crippen LogP contribution in [0, 0.1) is 11.8 Å². The zero-order valence-electron chi connectivity index (χ0n) is 20.3. The maximum absolute atomic E-state index is 13.6.